The summed E-state index contributed by atoms with van der Waals surface area (Å²) in [6.07, 6.45) is 1.71. The van der Waals surface area contributed by atoms with E-state index in [4.69, 9.17) is 4.74 Å². The molecule has 0 N–H and O–H groups in total. The molecule has 0 saturated heterocycles. The predicted octanol–water partition coefficient (Wildman–Crippen LogP) is 5.43. The number of ether oxygens (including phenoxy) is 1. The van der Waals surface area contributed by atoms with Crippen LogP contribution in [0.25, 0.3) is 0 Å². The molecule has 2 rings (SSSR count). The van der Waals surface area contributed by atoms with Crippen molar-refractivity contribution in [3.63, 3.8) is 0 Å². The lowest BCUT2D eigenvalue weighted by Gasteiger charge is -2.21. The van der Waals surface area contributed by atoms with Crippen LogP contribution in [0.15, 0.2) is 22.7 Å². The van der Waals surface area contributed by atoms with Crippen LogP contribution in [-0.4, -0.2) is 6.61 Å². The zero-order valence-electron chi connectivity index (χ0n) is 10.5. The van der Waals surface area contributed by atoms with Gasteiger partial charge in [-0.1, -0.05) is 35.2 Å². The molecular formula is C14H16BrF3O. The minimum Gasteiger partial charge on any atom is -0.493 e. The molecule has 0 amide bonds. The van der Waals surface area contributed by atoms with Gasteiger partial charge < -0.3 is 4.74 Å². The van der Waals surface area contributed by atoms with Crippen LogP contribution in [0, 0.1) is 5.92 Å². The minimum absolute atomic E-state index is 0.0288. The lowest BCUT2D eigenvalue weighted by atomic mass is 9.90. The van der Waals surface area contributed by atoms with Crippen LogP contribution in [-0.2, 0) is 6.18 Å². The van der Waals surface area contributed by atoms with Gasteiger partial charge >= 0.3 is 6.18 Å². The second-order valence-electron chi connectivity index (χ2n) is 4.95. The number of hydrogen-bond donors (Lipinski definition) is 0. The Morgan fingerprint density at radius 1 is 1.16 bits per heavy atom. The maximum absolute atomic E-state index is 12.6. The summed E-state index contributed by atoms with van der Waals surface area (Å²) >= 11 is 2.95. The first kappa shape index (κ1) is 14.7. The SMILES string of the molecule is FC(F)(F)c1ccc(OCC2CCCCC2)cc1Br. The van der Waals surface area contributed by atoms with E-state index in [-0.39, 0.29) is 4.47 Å². The molecule has 0 radical (unpaired) electrons. The molecule has 1 aliphatic rings. The predicted molar refractivity (Wildman–Crippen MR) is 71.2 cm³/mol. The van der Waals surface area contributed by atoms with Gasteiger partial charge in [-0.2, -0.15) is 13.2 Å². The maximum Gasteiger partial charge on any atom is 0.417 e. The number of benzene rings is 1. The molecule has 1 nitrogen and oxygen atoms in total. The Balaban J connectivity index is 1.96. The zero-order chi connectivity index (χ0) is 13.9. The van der Waals surface area contributed by atoms with Crippen LogP contribution in [0.4, 0.5) is 13.2 Å². The Labute approximate surface area is 119 Å². The molecular weight excluding hydrogens is 321 g/mol. The van der Waals surface area contributed by atoms with Crippen LogP contribution < -0.4 is 4.74 Å². The van der Waals surface area contributed by atoms with Gasteiger partial charge in [-0.3, -0.25) is 0 Å². The molecule has 19 heavy (non-hydrogen) atoms. The molecule has 0 bridgehead atoms. The van der Waals surface area contributed by atoms with E-state index in [1.807, 2.05) is 0 Å². The second-order valence-corrected chi connectivity index (χ2v) is 5.81. The molecule has 0 aliphatic heterocycles. The van der Waals surface area contributed by atoms with Gasteiger partial charge in [0.15, 0.2) is 0 Å². The van der Waals surface area contributed by atoms with E-state index >= 15 is 0 Å². The van der Waals surface area contributed by atoms with Crippen molar-refractivity contribution in [1.82, 2.24) is 0 Å². The van der Waals surface area contributed by atoms with Crippen LogP contribution in [0.5, 0.6) is 5.75 Å². The van der Waals surface area contributed by atoms with E-state index < -0.39 is 11.7 Å². The number of rotatable bonds is 3. The van der Waals surface area contributed by atoms with Crippen molar-refractivity contribution in [3.8, 4) is 5.75 Å². The number of halogens is 4. The van der Waals surface area contributed by atoms with E-state index in [9.17, 15) is 13.2 Å². The average Bonchev–Trinajstić information content (AvgIpc) is 2.36. The van der Waals surface area contributed by atoms with E-state index in [2.05, 4.69) is 15.9 Å². The Hall–Kier alpha value is -0.710. The highest BCUT2D eigenvalue weighted by atomic mass is 79.9. The summed E-state index contributed by atoms with van der Waals surface area (Å²) in [5.41, 5.74) is -0.669. The first-order valence-electron chi connectivity index (χ1n) is 6.46. The Morgan fingerprint density at radius 3 is 2.42 bits per heavy atom. The van der Waals surface area contributed by atoms with Crippen molar-refractivity contribution >= 4 is 15.9 Å². The van der Waals surface area contributed by atoms with Crippen LogP contribution in [0.1, 0.15) is 37.7 Å². The summed E-state index contributed by atoms with van der Waals surface area (Å²) in [5, 5.41) is 0. The largest absolute Gasteiger partial charge is 0.493 e. The Kier molecular flexibility index (Phi) is 4.76. The van der Waals surface area contributed by atoms with E-state index in [0.717, 1.165) is 18.9 Å². The second kappa shape index (κ2) is 6.16. The first-order chi connectivity index (χ1) is 8.97. The summed E-state index contributed by atoms with van der Waals surface area (Å²) in [6, 6.07) is 3.84. The van der Waals surface area contributed by atoms with Crippen molar-refractivity contribution in [3.05, 3.63) is 28.2 Å². The van der Waals surface area contributed by atoms with Crippen molar-refractivity contribution in [1.29, 1.82) is 0 Å². The molecule has 0 unspecified atom stereocenters. The highest BCUT2D eigenvalue weighted by Crippen LogP contribution is 2.36. The standard InChI is InChI=1S/C14H16BrF3O/c15-13-8-11(6-7-12(13)14(16,17)18)19-9-10-4-2-1-3-5-10/h6-8,10H,1-5,9H2. The summed E-state index contributed by atoms with van der Waals surface area (Å²) in [4.78, 5) is 0. The summed E-state index contributed by atoms with van der Waals surface area (Å²) < 4.78 is 43.4. The van der Waals surface area contributed by atoms with Gasteiger partial charge in [-0.05, 0) is 37.0 Å². The van der Waals surface area contributed by atoms with Crippen LogP contribution in [0.3, 0.4) is 0 Å². The number of alkyl halides is 3. The fraction of sp³-hybridized carbons (Fsp3) is 0.571. The molecule has 0 spiro atoms. The lowest BCUT2D eigenvalue weighted by Crippen LogP contribution is -2.15. The molecule has 106 valence electrons. The van der Waals surface area contributed by atoms with Crippen molar-refractivity contribution in [2.24, 2.45) is 5.92 Å². The topological polar surface area (TPSA) is 9.23 Å². The van der Waals surface area contributed by atoms with Crippen LogP contribution in [0.2, 0.25) is 0 Å². The van der Waals surface area contributed by atoms with Crippen molar-refractivity contribution in [2.75, 3.05) is 6.61 Å². The summed E-state index contributed by atoms with van der Waals surface area (Å²) in [6.45, 7) is 0.595. The third-order valence-electron chi connectivity index (χ3n) is 3.46. The van der Waals surface area contributed by atoms with Gasteiger partial charge in [0.25, 0.3) is 0 Å². The summed E-state index contributed by atoms with van der Waals surface area (Å²) in [7, 11) is 0. The smallest absolute Gasteiger partial charge is 0.417 e. The molecule has 5 heteroatoms. The fourth-order valence-corrected chi connectivity index (χ4v) is 2.97. The molecule has 0 heterocycles. The van der Waals surface area contributed by atoms with E-state index in [0.29, 0.717) is 18.3 Å². The molecule has 0 atom stereocenters. The van der Waals surface area contributed by atoms with Gasteiger partial charge in [-0.25, -0.2) is 0 Å². The van der Waals surface area contributed by atoms with Crippen LogP contribution >= 0.6 is 15.9 Å². The fourth-order valence-electron chi connectivity index (χ4n) is 2.38. The van der Waals surface area contributed by atoms with Crippen molar-refractivity contribution < 1.29 is 17.9 Å². The highest BCUT2D eigenvalue weighted by Gasteiger charge is 2.32. The van der Waals surface area contributed by atoms with Gasteiger partial charge in [0.1, 0.15) is 5.75 Å². The van der Waals surface area contributed by atoms with Gasteiger partial charge in [-0.15, -0.1) is 0 Å². The summed E-state index contributed by atoms with van der Waals surface area (Å²) in [5.74, 6) is 1.03. The zero-order valence-corrected chi connectivity index (χ0v) is 12.1. The normalized spacial score (nSPS) is 17.5. The molecule has 1 fully saturated rings. The van der Waals surface area contributed by atoms with E-state index in [1.165, 1.54) is 31.4 Å². The third-order valence-corrected chi connectivity index (χ3v) is 4.11. The molecule has 1 aliphatic carbocycles. The molecule has 1 aromatic rings. The average molecular weight is 337 g/mol. The Bertz CT molecular complexity index is 425. The minimum atomic E-state index is -4.33. The van der Waals surface area contributed by atoms with Crippen molar-refractivity contribution in [2.45, 2.75) is 38.3 Å². The maximum atomic E-state index is 12.6. The lowest BCUT2D eigenvalue weighted by molar-refractivity contribution is -0.138. The quantitative estimate of drug-likeness (QED) is 0.715. The van der Waals surface area contributed by atoms with Gasteiger partial charge in [0.2, 0.25) is 0 Å². The Morgan fingerprint density at radius 2 is 1.84 bits per heavy atom. The molecule has 1 saturated carbocycles. The number of hydrogen-bond acceptors (Lipinski definition) is 1. The van der Waals surface area contributed by atoms with Gasteiger partial charge in [0.05, 0.1) is 12.2 Å². The third kappa shape index (κ3) is 4.13. The highest BCUT2D eigenvalue weighted by molar-refractivity contribution is 9.10. The first-order valence-corrected chi connectivity index (χ1v) is 7.25. The van der Waals surface area contributed by atoms with Gasteiger partial charge in [0, 0.05) is 4.47 Å². The monoisotopic (exact) mass is 336 g/mol. The molecule has 1 aromatic carbocycles. The van der Waals surface area contributed by atoms with E-state index in [1.54, 1.807) is 0 Å². The molecule has 0 aromatic heterocycles.